The molecule has 10 heteroatoms. The topological polar surface area (TPSA) is 59.1 Å². The predicted octanol–water partition coefficient (Wildman–Crippen LogP) is 7.31. The van der Waals surface area contributed by atoms with E-state index in [1.54, 1.807) is 0 Å². The zero-order valence-corrected chi connectivity index (χ0v) is 20.7. The number of hydrogen-bond donors (Lipinski definition) is 1. The first-order chi connectivity index (χ1) is 18.6. The first-order valence-corrected chi connectivity index (χ1v) is 12.5. The lowest BCUT2D eigenvalue weighted by atomic mass is 9.75. The Balaban J connectivity index is 1.28. The van der Waals surface area contributed by atoms with Crippen molar-refractivity contribution in [2.24, 2.45) is 0 Å². The van der Waals surface area contributed by atoms with Crippen LogP contribution in [0.15, 0.2) is 36.4 Å². The predicted molar refractivity (Wildman–Crippen MR) is 127 cm³/mol. The fraction of sp³-hybridized carbons (Fsp3) is 0.345. The molecule has 2 aliphatic rings. The second-order valence-corrected chi connectivity index (χ2v) is 9.92. The average molecular weight is 550 g/mol. The van der Waals surface area contributed by atoms with Gasteiger partial charge >= 0.3 is 5.97 Å². The maximum Gasteiger partial charge on any atom is 0.346 e. The van der Waals surface area contributed by atoms with Gasteiger partial charge in [0.15, 0.2) is 34.8 Å². The van der Waals surface area contributed by atoms with Crippen molar-refractivity contribution in [2.45, 2.75) is 56.7 Å². The molecule has 3 aromatic carbocycles. The highest BCUT2D eigenvalue weighted by atomic mass is 19.2. The number of benzene rings is 3. The molecule has 1 aliphatic heterocycles. The third kappa shape index (κ3) is 5.15. The van der Waals surface area contributed by atoms with E-state index in [0.29, 0.717) is 25.7 Å². The average Bonchev–Trinajstić information content (AvgIpc) is 3.75. The van der Waals surface area contributed by atoms with Gasteiger partial charge in [-0.25, -0.2) is 26.7 Å². The normalized spacial score (nSPS) is 21.5. The van der Waals surface area contributed by atoms with Gasteiger partial charge in [-0.15, -0.1) is 0 Å². The molecule has 1 saturated heterocycles. The Labute approximate surface area is 220 Å². The number of halogens is 6. The molecule has 0 amide bonds. The van der Waals surface area contributed by atoms with Crippen molar-refractivity contribution < 1.29 is 45.7 Å². The molecular formula is C29H24F6O4. The number of hydrogen-bond acceptors (Lipinski definition) is 4. The number of epoxide rings is 1. The van der Waals surface area contributed by atoms with E-state index in [-0.39, 0.29) is 34.8 Å². The lowest BCUT2D eigenvalue weighted by molar-refractivity contribution is 0.0720. The van der Waals surface area contributed by atoms with Gasteiger partial charge in [0.05, 0.1) is 18.3 Å². The molecule has 0 radical (unpaired) electrons. The van der Waals surface area contributed by atoms with Crippen molar-refractivity contribution in [2.75, 3.05) is 6.61 Å². The van der Waals surface area contributed by atoms with Crippen molar-refractivity contribution in [1.29, 1.82) is 0 Å². The molecule has 0 aromatic heterocycles. The van der Waals surface area contributed by atoms with E-state index in [0.717, 1.165) is 12.1 Å². The third-order valence-corrected chi connectivity index (χ3v) is 7.49. The monoisotopic (exact) mass is 550 g/mol. The van der Waals surface area contributed by atoms with Crippen LogP contribution in [0.5, 0.6) is 5.75 Å². The Morgan fingerprint density at radius 3 is 1.85 bits per heavy atom. The van der Waals surface area contributed by atoms with Gasteiger partial charge in [0, 0.05) is 11.1 Å². The van der Waals surface area contributed by atoms with Crippen molar-refractivity contribution in [3.8, 4) is 5.75 Å². The molecule has 1 heterocycles. The van der Waals surface area contributed by atoms with Gasteiger partial charge in [-0.05, 0) is 73.8 Å². The zero-order valence-electron chi connectivity index (χ0n) is 20.7. The van der Waals surface area contributed by atoms with Crippen LogP contribution in [-0.2, 0) is 4.74 Å². The van der Waals surface area contributed by atoms with Crippen LogP contribution in [0, 0.1) is 34.9 Å². The summed E-state index contributed by atoms with van der Waals surface area (Å²) in [5, 5.41) is 9.58. The number of carbonyl (C=O) groups is 1. The highest BCUT2D eigenvalue weighted by Gasteiger charge is 2.33. The van der Waals surface area contributed by atoms with Crippen LogP contribution in [0.25, 0.3) is 0 Å². The molecule has 4 nitrogen and oxygen atoms in total. The minimum Gasteiger partial charge on any atom is -0.420 e. The maximum atomic E-state index is 15.0. The molecule has 1 saturated carbocycles. The van der Waals surface area contributed by atoms with Gasteiger partial charge in [0.2, 0.25) is 5.82 Å². The summed E-state index contributed by atoms with van der Waals surface area (Å²) in [4.78, 5) is 12.5. The fourth-order valence-electron chi connectivity index (χ4n) is 5.23. The molecule has 3 aromatic rings. The minimum absolute atomic E-state index is 0.0182. The lowest BCUT2D eigenvalue weighted by Crippen LogP contribution is -2.18. The molecule has 2 atom stereocenters. The highest BCUT2D eigenvalue weighted by Crippen LogP contribution is 2.43. The summed E-state index contributed by atoms with van der Waals surface area (Å²) in [6, 6.07) is 7.24. The first kappa shape index (κ1) is 27.2. The van der Waals surface area contributed by atoms with Gasteiger partial charge < -0.3 is 14.6 Å². The van der Waals surface area contributed by atoms with Crippen LogP contribution in [-0.4, -0.2) is 17.7 Å². The van der Waals surface area contributed by atoms with Gasteiger partial charge in [-0.1, -0.05) is 18.2 Å². The van der Waals surface area contributed by atoms with Gasteiger partial charge in [-0.2, -0.15) is 4.39 Å². The van der Waals surface area contributed by atoms with E-state index in [9.17, 15) is 31.9 Å². The number of aliphatic hydroxyl groups excluding tert-OH is 1. The Hall–Kier alpha value is -3.37. The summed E-state index contributed by atoms with van der Waals surface area (Å²) in [5.74, 6) is -10.5. The molecule has 5 rings (SSSR count). The van der Waals surface area contributed by atoms with Crippen molar-refractivity contribution in [3.63, 3.8) is 0 Å². The SMILES string of the molecule is CC(O)c1ccc(C2CCC(c3ccc(C(=O)Oc4ccc(C5CO5)c(F)c4F)c(F)c3F)CC2)c(F)c1F. The molecule has 2 fully saturated rings. The second-order valence-electron chi connectivity index (χ2n) is 9.92. The molecular weight excluding hydrogens is 526 g/mol. The first-order valence-electron chi connectivity index (χ1n) is 12.5. The van der Waals surface area contributed by atoms with E-state index in [1.807, 2.05) is 0 Å². The van der Waals surface area contributed by atoms with Crippen LogP contribution in [0.4, 0.5) is 26.3 Å². The largest absolute Gasteiger partial charge is 0.420 e. The minimum atomic E-state index is -1.48. The van der Waals surface area contributed by atoms with E-state index < -0.39 is 70.3 Å². The smallest absolute Gasteiger partial charge is 0.346 e. The fourth-order valence-corrected chi connectivity index (χ4v) is 5.23. The molecule has 1 N–H and O–H groups in total. The highest BCUT2D eigenvalue weighted by molar-refractivity contribution is 5.91. The van der Waals surface area contributed by atoms with Crippen molar-refractivity contribution in [3.05, 3.63) is 99.1 Å². The Kier molecular flexibility index (Phi) is 7.43. The number of aliphatic hydroxyl groups is 1. The molecule has 39 heavy (non-hydrogen) atoms. The molecule has 0 bridgehead atoms. The summed E-state index contributed by atoms with van der Waals surface area (Å²) >= 11 is 0. The molecule has 1 aliphatic carbocycles. The molecule has 2 unspecified atom stereocenters. The standard InChI is InChI=1S/C29H24F6O4/c1-13(36)16-6-7-17(24(31)23(16)30)14-2-4-15(5-3-14)18-8-9-20(27(34)25(18)32)29(37)39-21-11-10-19(22-12-38-22)26(33)28(21)35/h6-11,13-15,22,36H,2-5,12H2,1H3. The Bertz CT molecular complexity index is 1430. The molecule has 0 spiro atoms. The summed E-state index contributed by atoms with van der Waals surface area (Å²) < 4.78 is 97.2. The third-order valence-electron chi connectivity index (χ3n) is 7.49. The number of carbonyl (C=O) groups excluding carboxylic acids is 1. The lowest BCUT2D eigenvalue weighted by Gasteiger charge is -2.30. The van der Waals surface area contributed by atoms with Gasteiger partial charge in [0.1, 0.15) is 6.10 Å². The van der Waals surface area contributed by atoms with Crippen LogP contribution < -0.4 is 4.74 Å². The second kappa shape index (κ2) is 10.7. The van der Waals surface area contributed by atoms with Crippen LogP contribution in [0.2, 0.25) is 0 Å². The summed E-state index contributed by atoms with van der Waals surface area (Å²) in [5.41, 5.74) is -0.770. The van der Waals surface area contributed by atoms with E-state index in [2.05, 4.69) is 0 Å². The van der Waals surface area contributed by atoms with Crippen molar-refractivity contribution >= 4 is 5.97 Å². The number of esters is 1. The van der Waals surface area contributed by atoms with Crippen LogP contribution in [0.3, 0.4) is 0 Å². The quantitative estimate of drug-likeness (QED) is 0.151. The van der Waals surface area contributed by atoms with E-state index in [1.165, 1.54) is 31.2 Å². The Morgan fingerprint density at radius 2 is 1.28 bits per heavy atom. The van der Waals surface area contributed by atoms with Crippen LogP contribution >= 0.6 is 0 Å². The van der Waals surface area contributed by atoms with Gasteiger partial charge in [0.25, 0.3) is 0 Å². The zero-order chi connectivity index (χ0) is 28.0. The van der Waals surface area contributed by atoms with Crippen molar-refractivity contribution in [1.82, 2.24) is 0 Å². The molecule has 206 valence electrons. The summed E-state index contributed by atoms with van der Waals surface area (Å²) in [6.07, 6.45) is -0.268. The van der Waals surface area contributed by atoms with Crippen LogP contribution in [0.1, 0.15) is 89.3 Å². The van der Waals surface area contributed by atoms with E-state index in [4.69, 9.17) is 9.47 Å². The van der Waals surface area contributed by atoms with E-state index >= 15 is 4.39 Å². The number of ether oxygens (including phenoxy) is 2. The number of rotatable bonds is 6. The maximum absolute atomic E-state index is 15.0. The van der Waals surface area contributed by atoms with Gasteiger partial charge in [-0.3, -0.25) is 0 Å². The summed E-state index contributed by atoms with van der Waals surface area (Å²) in [7, 11) is 0. The Morgan fingerprint density at radius 1 is 0.769 bits per heavy atom. The summed E-state index contributed by atoms with van der Waals surface area (Å²) in [6.45, 7) is 1.57.